The van der Waals surface area contributed by atoms with Crippen molar-refractivity contribution in [3.05, 3.63) is 33.8 Å². The van der Waals surface area contributed by atoms with E-state index >= 15 is 0 Å². The van der Waals surface area contributed by atoms with Gasteiger partial charge in [0, 0.05) is 4.47 Å². The smallest absolute Gasteiger partial charge is 0.0976 e. The highest BCUT2D eigenvalue weighted by Gasteiger charge is 2.44. The van der Waals surface area contributed by atoms with Crippen LogP contribution >= 0.6 is 15.9 Å². The summed E-state index contributed by atoms with van der Waals surface area (Å²) in [5.41, 5.74) is 1.34. The minimum absolute atomic E-state index is 0.524. The molecule has 0 aromatic heterocycles. The average molecular weight is 308 g/mol. The minimum Gasteiger partial charge on any atom is -0.387 e. The Morgan fingerprint density at radius 3 is 2.78 bits per heavy atom. The van der Waals surface area contributed by atoms with E-state index in [1.807, 2.05) is 25.1 Å². The Labute approximate surface area is 117 Å². The van der Waals surface area contributed by atoms with Crippen molar-refractivity contribution < 1.29 is 5.11 Å². The van der Waals surface area contributed by atoms with Crippen LogP contribution in [0.4, 0.5) is 0 Å². The first-order valence-electron chi connectivity index (χ1n) is 6.34. The fourth-order valence-corrected chi connectivity index (χ4v) is 3.14. The molecule has 0 heterocycles. The zero-order valence-electron chi connectivity index (χ0n) is 10.8. The van der Waals surface area contributed by atoms with Crippen LogP contribution < -0.4 is 0 Å². The molecular formula is C15H18BrNO. The lowest BCUT2D eigenvalue weighted by Gasteiger charge is -2.28. The molecule has 1 fully saturated rings. The molecule has 0 amide bonds. The summed E-state index contributed by atoms with van der Waals surface area (Å²) >= 11 is 3.46. The van der Waals surface area contributed by atoms with Crippen LogP contribution in [0.1, 0.15) is 43.4 Å². The molecular weight excluding hydrogens is 290 g/mol. The molecule has 0 spiro atoms. The number of halogens is 1. The van der Waals surface area contributed by atoms with E-state index < -0.39 is 11.5 Å². The second kappa shape index (κ2) is 5.03. The van der Waals surface area contributed by atoms with Crippen molar-refractivity contribution in [3.8, 4) is 6.07 Å². The normalized spacial score (nSPS) is 28.9. The van der Waals surface area contributed by atoms with Crippen LogP contribution in [0.15, 0.2) is 22.7 Å². The SMILES string of the molecule is Cc1cc(C(O)C2(C#N)CCC(C)C2)ccc1Br. The molecule has 2 nitrogen and oxygen atoms in total. The van der Waals surface area contributed by atoms with Gasteiger partial charge in [-0.2, -0.15) is 5.26 Å². The van der Waals surface area contributed by atoms with E-state index in [2.05, 4.69) is 28.9 Å². The standard InChI is InChI=1S/C15H18BrNO/c1-10-5-6-15(8-10,9-17)14(18)12-3-4-13(16)11(2)7-12/h3-4,7,10,14,18H,5-6,8H2,1-2H3. The Bertz CT molecular complexity index is 494. The second-order valence-corrected chi connectivity index (χ2v) is 6.38. The summed E-state index contributed by atoms with van der Waals surface area (Å²) in [6.07, 6.45) is 1.93. The number of hydrogen-bond donors (Lipinski definition) is 1. The van der Waals surface area contributed by atoms with Gasteiger partial charge in [-0.15, -0.1) is 0 Å². The molecule has 3 atom stereocenters. The lowest BCUT2D eigenvalue weighted by atomic mass is 9.78. The van der Waals surface area contributed by atoms with Gasteiger partial charge in [-0.3, -0.25) is 0 Å². The number of rotatable bonds is 2. The van der Waals surface area contributed by atoms with Crippen LogP contribution in [0.2, 0.25) is 0 Å². The zero-order valence-corrected chi connectivity index (χ0v) is 12.4. The predicted octanol–water partition coefficient (Wildman–Crippen LogP) is 4.12. The fourth-order valence-electron chi connectivity index (χ4n) is 2.90. The van der Waals surface area contributed by atoms with Gasteiger partial charge in [0.1, 0.15) is 0 Å². The maximum absolute atomic E-state index is 10.6. The lowest BCUT2D eigenvalue weighted by Crippen LogP contribution is -2.24. The Hall–Kier alpha value is -0.850. The largest absolute Gasteiger partial charge is 0.387 e. The molecule has 1 aromatic carbocycles. The Morgan fingerprint density at radius 1 is 1.56 bits per heavy atom. The summed E-state index contributed by atoms with van der Waals surface area (Å²) in [4.78, 5) is 0. The zero-order chi connectivity index (χ0) is 13.3. The third-order valence-corrected chi connectivity index (χ3v) is 4.93. The van der Waals surface area contributed by atoms with Crippen LogP contribution in [-0.2, 0) is 0 Å². The van der Waals surface area contributed by atoms with Crippen molar-refractivity contribution in [3.63, 3.8) is 0 Å². The van der Waals surface area contributed by atoms with Gasteiger partial charge in [0.05, 0.1) is 17.6 Å². The van der Waals surface area contributed by atoms with Gasteiger partial charge in [0.25, 0.3) is 0 Å². The minimum atomic E-state index is -0.681. The average Bonchev–Trinajstić information content (AvgIpc) is 2.75. The highest BCUT2D eigenvalue weighted by atomic mass is 79.9. The van der Waals surface area contributed by atoms with Crippen LogP contribution in [0.5, 0.6) is 0 Å². The molecule has 0 bridgehead atoms. The first-order chi connectivity index (χ1) is 8.48. The first-order valence-corrected chi connectivity index (χ1v) is 7.13. The molecule has 3 unspecified atom stereocenters. The van der Waals surface area contributed by atoms with Gasteiger partial charge in [0.2, 0.25) is 0 Å². The van der Waals surface area contributed by atoms with E-state index in [9.17, 15) is 10.4 Å². The van der Waals surface area contributed by atoms with E-state index in [4.69, 9.17) is 0 Å². The van der Waals surface area contributed by atoms with Crippen molar-refractivity contribution in [2.45, 2.75) is 39.2 Å². The fraction of sp³-hybridized carbons (Fsp3) is 0.533. The number of aliphatic hydroxyl groups is 1. The van der Waals surface area contributed by atoms with Crippen LogP contribution in [-0.4, -0.2) is 5.11 Å². The van der Waals surface area contributed by atoms with Crippen molar-refractivity contribution >= 4 is 15.9 Å². The second-order valence-electron chi connectivity index (χ2n) is 5.53. The monoisotopic (exact) mass is 307 g/mol. The van der Waals surface area contributed by atoms with Gasteiger partial charge in [-0.05, 0) is 49.3 Å². The first kappa shape index (κ1) is 13.6. The molecule has 1 aliphatic carbocycles. The van der Waals surface area contributed by atoms with Gasteiger partial charge in [0.15, 0.2) is 0 Å². The van der Waals surface area contributed by atoms with E-state index in [-0.39, 0.29) is 0 Å². The Morgan fingerprint density at radius 2 is 2.28 bits per heavy atom. The number of benzene rings is 1. The number of nitrogens with zero attached hydrogens (tertiary/aromatic N) is 1. The molecule has 0 saturated heterocycles. The molecule has 96 valence electrons. The molecule has 18 heavy (non-hydrogen) atoms. The summed E-state index contributed by atoms with van der Waals surface area (Å²) in [6, 6.07) is 8.20. The summed E-state index contributed by atoms with van der Waals surface area (Å²) in [5, 5.41) is 20.0. The maximum atomic E-state index is 10.6. The topological polar surface area (TPSA) is 44.0 Å². The van der Waals surface area contributed by atoms with Crippen LogP contribution in [0, 0.1) is 29.6 Å². The van der Waals surface area contributed by atoms with Crippen LogP contribution in [0.25, 0.3) is 0 Å². The molecule has 2 rings (SSSR count). The summed E-state index contributed by atoms with van der Waals surface area (Å²) in [5.74, 6) is 0.524. The highest BCUT2D eigenvalue weighted by molar-refractivity contribution is 9.10. The molecule has 1 aromatic rings. The molecule has 0 aliphatic heterocycles. The molecule has 3 heteroatoms. The third kappa shape index (κ3) is 2.32. The molecule has 1 saturated carbocycles. The third-order valence-electron chi connectivity index (χ3n) is 4.04. The van der Waals surface area contributed by atoms with Gasteiger partial charge in [-0.1, -0.05) is 35.0 Å². The highest BCUT2D eigenvalue weighted by Crippen LogP contribution is 2.49. The van der Waals surface area contributed by atoms with Gasteiger partial charge >= 0.3 is 0 Å². The Balaban J connectivity index is 2.32. The van der Waals surface area contributed by atoms with Gasteiger partial charge < -0.3 is 5.11 Å². The van der Waals surface area contributed by atoms with E-state index in [0.717, 1.165) is 34.9 Å². The summed E-state index contributed by atoms with van der Waals surface area (Å²) in [7, 11) is 0. The van der Waals surface area contributed by atoms with Crippen molar-refractivity contribution in [2.24, 2.45) is 11.3 Å². The van der Waals surface area contributed by atoms with Crippen molar-refractivity contribution in [2.75, 3.05) is 0 Å². The van der Waals surface area contributed by atoms with E-state index in [1.54, 1.807) is 0 Å². The van der Waals surface area contributed by atoms with Crippen molar-refractivity contribution in [1.82, 2.24) is 0 Å². The number of nitriles is 1. The molecule has 1 N–H and O–H groups in total. The van der Waals surface area contributed by atoms with Crippen LogP contribution in [0.3, 0.4) is 0 Å². The molecule has 0 radical (unpaired) electrons. The number of aliphatic hydroxyl groups excluding tert-OH is 1. The quantitative estimate of drug-likeness (QED) is 0.893. The number of aryl methyl sites for hydroxylation is 1. The number of hydrogen-bond acceptors (Lipinski definition) is 2. The van der Waals surface area contributed by atoms with E-state index in [0.29, 0.717) is 5.92 Å². The Kier molecular flexibility index (Phi) is 3.79. The summed E-state index contributed by atoms with van der Waals surface area (Å²) in [6.45, 7) is 4.15. The lowest BCUT2D eigenvalue weighted by molar-refractivity contribution is 0.0646. The predicted molar refractivity (Wildman–Crippen MR) is 74.9 cm³/mol. The van der Waals surface area contributed by atoms with Crippen molar-refractivity contribution in [1.29, 1.82) is 5.26 Å². The van der Waals surface area contributed by atoms with Gasteiger partial charge in [-0.25, -0.2) is 0 Å². The molecule has 1 aliphatic rings. The van der Waals surface area contributed by atoms with E-state index in [1.165, 1.54) is 0 Å². The maximum Gasteiger partial charge on any atom is 0.0976 e. The summed E-state index contributed by atoms with van der Waals surface area (Å²) < 4.78 is 1.03.